The minimum atomic E-state index is -0.219. The Morgan fingerprint density at radius 1 is 1.32 bits per heavy atom. The molecule has 1 heterocycles. The van der Waals surface area contributed by atoms with E-state index in [2.05, 4.69) is 33.0 Å². The third kappa shape index (κ3) is 2.98. The quantitative estimate of drug-likeness (QED) is 0.900. The van der Waals surface area contributed by atoms with Crippen LogP contribution in [0.1, 0.15) is 45.7 Å². The van der Waals surface area contributed by atoms with Crippen LogP contribution >= 0.6 is 0 Å². The van der Waals surface area contributed by atoms with E-state index in [0.717, 1.165) is 12.0 Å². The number of nitrogens with one attached hydrogen (secondary N) is 1. The summed E-state index contributed by atoms with van der Waals surface area (Å²) in [5.41, 5.74) is 0.641. The summed E-state index contributed by atoms with van der Waals surface area (Å²) < 4.78 is 19.6. The van der Waals surface area contributed by atoms with Crippen molar-refractivity contribution in [3.05, 3.63) is 35.6 Å². The third-order valence-electron chi connectivity index (χ3n) is 4.06. The van der Waals surface area contributed by atoms with Crippen LogP contribution in [0.3, 0.4) is 0 Å². The molecule has 1 aromatic carbocycles. The lowest BCUT2D eigenvalue weighted by Gasteiger charge is -2.33. The summed E-state index contributed by atoms with van der Waals surface area (Å²) in [6.45, 7) is 8.48. The van der Waals surface area contributed by atoms with E-state index in [-0.39, 0.29) is 23.1 Å². The molecule has 1 aliphatic rings. The van der Waals surface area contributed by atoms with Crippen LogP contribution in [-0.2, 0) is 4.74 Å². The van der Waals surface area contributed by atoms with Gasteiger partial charge in [-0.25, -0.2) is 4.39 Å². The summed E-state index contributed by atoms with van der Waals surface area (Å²) in [7, 11) is 1.93. The second kappa shape index (κ2) is 4.88. The van der Waals surface area contributed by atoms with Gasteiger partial charge in [-0.05, 0) is 58.9 Å². The predicted octanol–water partition coefficient (Wildman–Crippen LogP) is 3.68. The SMILES string of the molecule is CNC(c1cccc(F)c1)C1CC(C)(C)OC1(C)C. The highest BCUT2D eigenvalue weighted by Gasteiger charge is 2.49. The van der Waals surface area contributed by atoms with E-state index in [9.17, 15) is 4.39 Å². The molecular weight excluding hydrogens is 241 g/mol. The Labute approximate surface area is 115 Å². The largest absolute Gasteiger partial charge is 0.369 e. The van der Waals surface area contributed by atoms with E-state index in [4.69, 9.17) is 4.74 Å². The summed E-state index contributed by atoms with van der Waals surface area (Å²) in [6.07, 6.45) is 0.960. The predicted molar refractivity (Wildman–Crippen MR) is 75.6 cm³/mol. The summed E-state index contributed by atoms with van der Waals surface area (Å²) in [5, 5.41) is 3.33. The zero-order chi connectivity index (χ0) is 14.3. The summed E-state index contributed by atoms with van der Waals surface area (Å²) >= 11 is 0. The molecule has 1 aliphatic heterocycles. The van der Waals surface area contributed by atoms with Gasteiger partial charge in [-0.1, -0.05) is 12.1 Å². The van der Waals surface area contributed by atoms with Gasteiger partial charge in [0.1, 0.15) is 5.82 Å². The number of hydrogen-bond donors (Lipinski definition) is 1. The van der Waals surface area contributed by atoms with Gasteiger partial charge < -0.3 is 10.1 Å². The normalized spacial score (nSPS) is 26.3. The highest BCUT2D eigenvalue weighted by molar-refractivity contribution is 5.22. The lowest BCUT2D eigenvalue weighted by atomic mass is 9.79. The molecule has 106 valence electrons. The summed E-state index contributed by atoms with van der Waals surface area (Å²) in [6, 6.07) is 6.95. The first-order valence-corrected chi connectivity index (χ1v) is 6.88. The van der Waals surface area contributed by atoms with Crippen molar-refractivity contribution >= 4 is 0 Å². The van der Waals surface area contributed by atoms with Gasteiger partial charge in [0.2, 0.25) is 0 Å². The molecule has 2 atom stereocenters. The second-order valence-electron chi connectivity index (χ2n) is 6.60. The molecule has 1 saturated heterocycles. The number of benzene rings is 1. The molecular formula is C16H24FNO. The van der Waals surface area contributed by atoms with Gasteiger partial charge in [0, 0.05) is 12.0 Å². The Bertz CT molecular complexity index is 456. The molecule has 1 aromatic rings. The molecule has 0 aromatic heterocycles. The first kappa shape index (κ1) is 14.5. The van der Waals surface area contributed by atoms with Crippen molar-refractivity contribution in [2.75, 3.05) is 7.05 Å². The lowest BCUT2D eigenvalue weighted by Crippen LogP contribution is -2.37. The maximum absolute atomic E-state index is 13.4. The summed E-state index contributed by atoms with van der Waals surface area (Å²) in [4.78, 5) is 0. The van der Waals surface area contributed by atoms with Crippen LogP contribution in [-0.4, -0.2) is 18.2 Å². The van der Waals surface area contributed by atoms with Crippen molar-refractivity contribution in [3.8, 4) is 0 Å². The molecule has 0 amide bonds. The fraction of sp³-hybridized carbons (Fsp3) is 0.625. The van der Waals surface area contributed by atoms with E-state index in [1.54, 1.807) is 12.1 Å². The van der Waals surface area contributed by atoms with Gasteiger partial charge in [0.25, 0.3) is 0 Å². The molecule has 0 aliphatic carbocycles. The van der Waals surface area contributed by atoms with Gasteiger partial charge in [-0.3, -0.25) is 0 Å². The molecule has 2 unspecified atom stereocenters. The van der Waals surface area contributed by atoms with Crippen LogP contribution < -0.4 is 5.32 Å². The second-order valence-corrected chi connectivity index (χ2v) is 6.60. The molecule has 19 heavy (non-hydrogen) atoms. The Morgan fingerprint density at radius 3 is 2.47 bits per heavy atom. The van der Waals surface area contributed by atoms with Crippen LogP contribution in [0.5, 0.6) is 0 Å². The monoisotopic (exact) mass is 265 g/mol. The van der Waals surface area contributed by atoms with Gasteiger partial charge >= 0.3 is 0 Å². The lowest BCUT2D eigenvalue weighted by molar-refractivity contribution is -0.0776. The van der Waals surface area contributed by atoms with Crippen molar-refractivity contribution < 1.29 is 9.13 Å². The van der Waals surface area contributed by atoms with Crippen LogP contribution in [0, 0.1) is 11.7 Å². The van der Waals surface area contributed by atoms with Crippen molar-refractivity contribution in [2.24, 2.45) is 5.92 Å². The first-order valence-electron chi connectivity index (χ1n) is 6.88. The molecule has 0 spiro atoms. The molecule has 2 nitrogen and oxygen atoms in total. The maximum atomic E-state index is 13.4. The minimum Gasteiger partial charge on any atom is -0.369 e. The molecule has 1 N–H and O–H groups in total. The fourth-order valence-corrected chi connectivity index (χ4v) is 3.42. The van der Waals surface area contributed by atoms with E-state index in [0.29, 0.717) is 5.92 Å². The third-order valence-corrected chi connectivity index (χ3v) is 4.06. The summed E-state index contributed by atoms with van der Waals surface area (Å²) in [5.74, 6) is 0.128. The van der Waals surface area contributed by atoms with Crippen molar-refractivity contribution in [1.82, 2.24) is 5.32 Å². The van der Waals surface area contributed by atoms with Gasteiger partial charge in [-0.15, -0.1) is 0 Å². The topological polar surface area (TPSA) is 21.3 Å². The fourth-order valence-electron chi connectivity index (χ4n) is 3.42. The molecule has 3 heteroatoms. The highest BCUT2D eigenvalue weighted by atomic mass is 19.1. The number of halogens is 1. The average molecular weight is 265 g/mol. The Hall–Kier alpha value is -0.930. The zero-order valence-corrected chi connectivity index (χ0v) is 12.5. The number of rotatable bonds is 3. The van der Waals surface area contributed by atoms with Crippen molar-refractivity contribution in [1.29, 1.82) is 0 Å². The van der Waals surface area contributed by atoms with Crippen LogP contribution in [0.2, 0.25) is 0 Å². The van der Waals surface area contributed by atoms with Crippen LogP contribution in [0.4, 0.5) is 4.39 Å². The smallest absolute Gasteiger partial charge is 0.123 e. The molecule has 0 saturated carbocycles. The molecule has 2 rings (SSSR count). The van der Waals surface area contributed by atoms with E-state index in [1.807, 2.05) is 13.1 Å². The molecule has 0 radical (unpaired) electrons. The molecule has 1 fully saturated rings. The Balaban J connectivity index is 2.32. The van der Waals surface area contributed by atoms with E-state index < -0.39 is 0 Å². The maximum Gasteiger partial charge on any atom is 0.123 e. The number of hydrogen-bond acceptors (Lipinski definition) is 2. The average Bonchev–Trinajstić information content (AvgIpc) is 2.48. The molecule has 0 bridgehead atoms. The van der Waals surface area contributed by atoms with Crippen molar-refractivity contribution in [3.63, 3.8) is 0 Å². The van der Waals surface area contributed by atoms with Crippen molar-refractivity contribution in [2.45, 2.75) is 51.4 Å². The standard InChI is InChI=1S/C16H24FNO/c1-15(2)10-13(16(3,4)19-15)14(18-5)11-7-6-8-12(17)9-11/h6-9,13-14,18H,10H2,1-5H3. The number of ether oxygens (including phenoxy) is 1. The van der Waals surface area contributed by atoms with Crippen LogP contribution in [0.15, 0.2) is 24.3 Å². The van der Waals surface area contributed by atoms with E-state index >= 15 is 0 Å². The van der Waals surface area contributed by atoms with Gasteiger partial charge in [0.05, 0.1) is 11.2 Å². The zero-order valence-electron chi connectivity index (χ0n) is 12.5. The Kier molecular flexibility index (Phi) is 3.72. The van der Waals surface area contributed by atoms with Gasteiger partial charge in [-0.2, -0.15) is 0 Å². The minimum absolute atomic E-state index is 0.104. The first-order chi connectivity index (χ1) is 8.75. The highest BCUT2D eigenvalue weighted by Crippen LogP contribution is 2.47. The van der Waals surface area contributed by atoms with Gasteiger partial charge in [0.15, 0.2) is 0 Å². The van der Waals surface area contributed by atoms with Crippen LogP contribution in [0.25, 0.3) is 0 Å². The Morgan fingerprint density at radius 2 is 2.00 bits per heavy atom. The van der Waals surface area contributed by atoms with E-state index in [1.165, 1.54) is 6.07 Å².